The molecule has 1 aliphatic rings. The van der Waals surface area contributed by atoms with Gasteiger partial charge in [-0.05, 0) is 67.8 Å². The minimum atomic E-state index is 1.02. The number of aromatic nitrogens is 2. The number of rotatable bonds is 5. The Morgan fingerprint density at radius 3 is 2.28 bits per heavy atom. The maximum absolute atomic E-state index is 4.79. The molecular formula is C25H32N4. The molecule has 29 heavy (non-hydrogen) atoms. The Bertz CT molecular complexity index is 980. The number of hydrogen-bond acceptors (Lipinski definition) is 3. The van der Waals surface area contributed by atoms with Crippen LogP contribution in [0.25, 0.3) is 16.8 Å². The predicted octanol–water partition coefficient (Wildman–Crippen LogP) is 4.47. The van der Waals surface area contributed by atoms with Crippen LogP contribution < -0.4 is 0 Å². The van der Waals surface area contributed by atoms with Crippen LogP contribution in [0.15, 0.2) is 48.5 Å². The van der Waals surface area contributed by atoms with E-state index in [1.54, 1.807) is 0 Å². The zero-order valence-electron chi connectivity index (χ0n) is 18.2. The van der Waals surface area contributed by atoms with Gasteiger partial charge in [0.15, 0.2) is 0 Å². The molecule has 0 radical (unpaired) electrons. The van der Waals surface area contributed by atoms with Gasteiger partial charge in [-0.15, -0.1) is 0 Å². The van der Waals surface area contributed by atoms with Crippen LogP contribution in [-0.4, -0.2) is 52.8 Å². The summed E-state index contributed by atoms with van der Waals surface area (Å²) in [7, 11) is 2.21. The molecule has 3 aromatic rings. The van der Waals surface area contributed by atoms with E-state index in [1.807, 2.05) is 0 Å². The van der Waals surface area contributed by atoms with Crippen LogP contribution in [0.5, 0.6) is 0 Å². The molecule has 0 amide bonds. The maximum Gasteiger partial charge on any atom is 0.0655 e. The molecule has 4 nitrogen and oxygen atoms in total. The Hall–Kier alpha value is -2.43. The number of nitrogens with zero attached hydrogens (tertiary/aromatic N) is 4. The van der Waals surface area contributed by atoms with E-state index in [-0.39, 0.29) is 0 Å². The van der Waals surface area contributed by atoms with Gasteiger partial charge in [0.2, 0.25) is 0 Å². The lowest BCUT2D eigenvalue weighted by Gasteiger charge is -2.32. The maximum atomic E-state index is 4.79. The summed E-state index contributed by atoms with van der Waals surface area (Å²) in [6.07, 6.45) is 1.02. The molecule has 1 saturated heterocycles. The molecule has 1 aromatic heterocycles. The smallest absolute Gasteiger partial charge is 0.0655 e. The summed E-state index contributed by atoms with van der Waals surface area (Å²) in [5.41, 5.74) is 8.76. The fourth-order valence-electron chi connectivity index (χ4n) is 4.37. The van der Waals surface area contributed by atoms with Crippen LogP contribution in [0.3, 0.4) is 0 Å². The molecule has 0 atom stereocenters. The summed E-state index contributed by atoms with van der Waals surface area (Å²) < 4.78 is 2.09. The second-order valence-electron chi connectivity index (χ2n) is 8.24. The monoisotopic (exact) mass is 388 g/mol. The highest BCUT2D eigenvalue weighted by Gasteiger charge is 2.15. The van der Waals surface area contributed by atoms with Crippen molar-refractivity contribution in [3.8, 4) is 16.8 Å². The molecule has 0 bridgehead atoms. The second-order valence-corrected chi connectivity index (χ2v) is 8.24. The first-order chi connectivity index (χ1) is 14.0. The van der Waals surface area contributed by atoms with Crippen LogP contribution in [0.2, 0.25) is 0 Å². The molecule has 1 aliphatic heterocycles. The van der Waals surface area contributed by atoms with Crippen molar-refractivity contribution in [2.24, 2.45) is 0 Å². The lowest BCUT2D eigenvalue weighted by atomic mass is 10.0. The Labute approximate surface area is 174 Å². The lowest BCUT2D eigenvalue weighted by molar-refractivity contribution is 0.148. The summed E-state index contributed by atoms with van der Waals surface area (Å²) in [5.74, 6) is 0. The predicted molar refractivity (Wildman–Crippen MR) is 121 cm³/mol. The zero-order chi connectivity index (χ0) is 20.4. The molecule has 0 aliphatic carbocycles. The van der Waals surface area contributed by atoms with Crippen LogP contribution >= 0.6 is 0 Å². The van der Waals surface area contributed by atoms with Gasteiger partial charge in [0.1, 0.15) is 0 Å². The van der Waals surface area contributed by atoms with Crippen molar-refractivity contribution in [3.05, 3.63) is 71.0 Å². The summed E-state index contributed by atoms with van der Waals surface area (Å²) in [6.45, 7) is 12.1. The minimum absolute atomic E-state index is 1.02. The molecule has 152 valence electrons. The molecule has 0 spiro atoms. The van der Waals surface area contributed by atoms with Gasteiger partial charge in [0.25, 0.3) is 0 Å². The van der Waals surface area contributed by atoms with Crippen LogP contribution in [-0.2, 0) is 13.0 Å². The van der Waals surface area contributed by atoms with E-state index in [9.17, 15) is 0 Å². The zero-order valence-corrected chi connectivity index (χ0v) is 18.2. The quantitative estimate of drug-likeness (QED) is 0.645. The summed E-state index contributed by atoms with van der Waals surface area (Å²) in [5, 5.41) is 4.79. The van der Waals surface area contributed by atoms with Crippen molar-refractivity contribution in [3.63, 3.8) is 0 Å². The fourth-order valence-corrected chi connectivity index (χ4v) is 4.37. The average molecular weight is 389 g/mol. The van der Waals surface area contributed by atoms with Crippen molar-refractivity contribution in [1.29, 1.82) is 0 Å². The number of hydrogen-bond donors (Lipinski definition) is 0. The van der Waals surface area contributed by atoms with Gasteiger partial charge in [0, 0.05) is 38.4 Å². The standard InChI is InChI=1S/C25H32N4/c1-5-25-19(2)26-29(20(25)3)24-11-7-10-23(17-24)22-9-6-8-21(16-22)18-28-14-12-27(4)13-15-28/h6-11,16-17H,5,12-15,18H2,1-4H3. The highest BCUT2D eigenvalue weighted by Crippen LogP contribution is 2.25. The third-order valence-corrected chi connectivity index (χ3v) is 6.15. The Balaban J connectivity index is 1.59. The Morgan fingerprint density at radius 1 is 0.897 bits per heavy atom. The number of benzene rings is 2. The van der Waals surface area contributed by atoms with Crippen LogP contribution in [0.1, 0.15) is 29.4 Å². The first-order valence-corrected chi connectivity index (χ1v) is 10.7. The van der Waals surface area contributed by atoms with Crippen molar-refractivity contribution in [2.75, 3.05) is 33.2 Å². The van der Waals surface area contributed by atoms with Gasteiger partial charge < -0.3 is 4.90 Å². The summed E-state index contributed by atoms with van der Waals surface area (Å²) >= 11 is 0. The Morgan fingerprint density at radius 2 is 1.59 bits per heavy atom. The molecule has 0 N–H and O–H groups in total. The highest BCUT2D eigenvalue weighted by atomic mass is 15.3. The van der Waals surface area contributed by atoms with E-state index in [2.05, 4.69) is 90.8 Å². The van der Waals surface area contributed by atoms with E-state index in [1.165, 1.54) is 27.9 Å². The highest BCUT2D eigenvalue weighted by molar-refractivity contribution is 5.66. The second kappa shape index (κ2) is 8.52. The molecule has 4 rings (SSSR count). The van der Waals surface area contributed by atoms with Gasteiger partial charge in [-0.25, -0.2) is 4.68 Å². The van der Waals surface area contributed by atoms with Gasteiger partial charge in [-0.3, -0.25) is 4.90 Å². The average Bonchev–Trinajstić information content (AvgIpc) is 3.03. The van der Waals surface area contributed by atoms with Gasteiger partial charge in [-0.1, -0.05) is 37.3 Å². The van der Waals surface area contributed by atoms with E-state index < -0.39 is 0 Å². The minimum Gasteiger partial charge on any atom is -0.304 e. The van der Waals surface area contributed by atoms with E-state index in [4.69, 9.17) is 5.10 Å². The normalized spacial score (nSPS) is 15.7. The summed E-state index contributed by atoms with van der Waals surface area (Å²) in [6, 6.07) is 17.7. The SMILES string of the molecule is CCc1c(C)nn(-c2cccc(-c3cccc(CN4CCN(C)CC4)c3)c2)c1C. The molecule has 4 heteroatoms. The molecule has 2 heterocycles. The van der Waals surface area contributed by atoms with Gasteiger partial charge in [-0.2, -0.15) is 5.10 Å². The first-order valence-electron chi connectivity index (χ1n) is 10.7. The third-order valence-electron chi connectivity index (χ3n) is 6.15. The van der Waals surface area contributed by atoms with Crippen molar-refractivity contribution >= 4 is 0 Å². The van der Waals surface area contributed by atoms with E-state index in [0.29, 0.717) is 0 Å². The first kappa shape index (κ1) is 19.9. The molecule has 1 fully saturated rings. The van der Waals surface area contributed by atoms with Crippen molar-refractivity contribution < 1.29 is 0 Å². The van der Waals surface area contributed by atoms with E-state index >= 15 is 0 Å². The van der Waals surface area contributed by atoms with Crippen LogP contribution in [0, 0.1) is 13.8 Å². The molecule has 0 unspecified atom stereocenters. The third kappa shape index (κ3) is 4.29. The molecule has 2 aromatic carbocycles. The van der Waals surface area contributed by atoms with Crippen molar-refractivity contribution in [2.45, 2.75) is 33.7 Å². The number of likely N-dealkylation sites (N-methyl/N-ethyl adjacent to an activating group) is 1. The summed E-state index contributed by atoms with van der Waals surface area (Å²) in [4.78, 5) is 4.96. The van der Waals surface area contributed by atoms with Crippen molar-refractivity contribution in [1.82, 2.24) is 19.6 Å². The van der Waals surface area contributed by atoms with Crippen LogP contribution in [0.4, 0.5) is 0 Å². The lowest BCUT2D eigenvalue weighted by Crippen LogP contribution is -2.43. The van der Waals surface area contributed by atoms with Gasteiger partial charge >= 0.3 is 0 Å². The van der Waals surface area contributed by atoms with Gasteiger partial charge in [0.05, 0.1) is 11.4 Å². The number of piperazine rings is 1. The number of aryl methyl sites for hydroxylation is 1. The molecular weight excluding hydrogens is 356 g/mol. The Kier molecular flexibility index (Phi) is 5.84. The van der Waals surface area contributed by atoms with E-state index in [0.717, 1.165) is 50.5 Å². The largest absolute Gasteiger partial charge is 0.304 e. The fraction of sp³-hybridized carbons (Fsp3) is 0.400. The topological polar surface area (TPSA) is 24.3 Å². The molecule has 0 saturated carbocycles.